The molecule has 1 rings (SSSR count). The minimum Gasteiger partial charge on any atom is -0.494 e. The molecule has 1 atom stereocenters. The van der Waals surface area contributed by atoms with Crippen LogP contribution >= 0.6 is 0 Å². The number of carboxylic acids is 1. The van der Waals surface area contributed by atoms with Crippen molar-refractivity contribution in [2.75, 3.05) is 20.2 Å². The first-order valence-electron chi connectivity index (χ1n) is 7.72. The molecule has 0 unspecified atom stereocenters. The summed E-state index contributed by atoms with van der Waals surface area (Å²) in [4.78, 5) is 10.7. The summed E-state index contributed by atoms with van der Waals surface area (Å²) >= 11 is 0. The summed E-state index contributed by atoms with van der Waals surface area (Å²) in [6.07, 6.45) is 4.71. The van der Waals surface area contributed by atoms with Crippen molar-refractivity contribution >= 4 is 5.97 Å². The molecule has 0 amide bonds. The number of rotatable bonds is 11. The molecule has 0 aliphatic heterocycles. The molecule has 0 aliphatic carbocycles. The number of benzene rings is 1. The molecule has 21 heavy (non-hydrogen) atoms. The summed E-state index contributed by atoms with van der Waals surface area (Å²) in [6.45, 7) is 3.53. The van der Waals surface area contributed by atoms with Crippen LogP contribution in [0.15, 0.2) is 24.3 Å². The Hall–Kier alpha value is -1.55. The van der Waals surface area contributed by atoms with Crippen molar-refractivity contribution in [1.29, 1.82) is 0 Å². The van der Waals surface area contributed by atoms with E-state index < -0.39 is 5.97 Å². The lowest BCUT2D eigenvalue weighted by molar-refractivity contribution is -0.141. The Kier molecular flexibility index (Phi) is 8.51. The zero-order chi connectivity index (χ0) is 15.5. The highest BCUT2D eigenvalue weighted by Crippen LogP contribution is 2.15. The van der Waals surface area contributed by atoms with Crippen LogP contribution in [-0.2, 0) is 11.2 Å². The van der Waals surface area contributed by atoms with Crippen LogP contribution in [0.25, 0.3) is 0 Å². The highest BCUT2D eigenvalue weighted by Gasteiger charge is 2.09. The van der Waals surface area contributed by atoms with Gasteiger partial charge in [-0.1, -0.05) is 19.1 Å². The second kappa shape index (κ2) is 10.2. The van der Waals surface area contributed by atoms with Gasteiger partial charge < -0.3 is 15.2 Å². The third kappa shape index (κ3) is 7.71. The lowest BCUT2D eigenvalue weighted by Gasteiger charge is -2.08. The van der Waals surface area contributed by atoms with Crippen LogP contribution in [0.2, 0.25) is 0 Å². The monoisotopic (exact) mass is 293 g/mol. The molecule has 4 heteroatoms. The lowest BCUT2D eigenvalue weighted by Crippen LogP contribution is -2.09. The van der Waals surface area contributed by atoms with Crippen molar-refractivity contribution < 1.29 is 14.6 Å². The van der Waals surface area contributed by atoms with Crippen LogP contribution in [-0.4, -0.2) is 31.3 Å². The first-order chi connectivity index (χ1) is 10.1. The summed E-state index contributed by atoms with van der Waals surface area (Å²) in [7, 11) is 1.96. The van der Waals surface area contributed by atoms with Gasteiger partial charge in [-0.05, 0) is 63.4 Å². The number of hydrogen-bond donors (Lipinski definition) is 2. The quantitative estimate of drug-likeness (QED) is 0.616. The molecule has 0 saturated carbocycles. The van der Waals surface area contributed by atoms with Gasteiger partial charge in [-0.2, -0.15) is 0 Å². The van der Waals surface area contributed by atoms with Crippen LogP contribution in [0.1, 0.15) is 38.2 Å². The fourth-order valence-electron chi connectivity index (χ4n) is 2.08. The van der Waals surface area contributed by atoms with Gasteiger partial charge in [0, 0.05) is 0 Å². The van der Waals surface area contributed by atoms with Crippen molar-refractivity contribution in [3.8, 4) is 5.75 Å². The van der Waals surface area contributed by atoms with E-state index in [1.807, 2.05) is 19.2 Å². The predicted octanol–water partition coefficient (Wildman–Crippen LogP) is 3.11. The fraction of sp³-hybridized carbons (Fsp3) is 0.588. The maximum Gasteiger partial charge on any atom is 0.306 e. The number of nitrogens with one attached hydrogen (secondary N) is 1. The number of hydrogen-bond acceptors (Lipinski definition) is 3. The van der Waals surface area contributed by atoms with Crippen LogP contribution in [0.5, 0.6) is 5.75 Å². The minimum absolute atomic E-state index is 0.259. The van der Waals surface area contributed by atoms with Crippen molar-refractivity contribution in [3.63, 3.8) is 0 Å². The molecular formula is C17H27NO3. The Morgan fingerprint density at radius 2 is 1.95 bits per heavy atom. The second-order valence-electron chi connectivity index (χ2n) is 5.43. The topological polar surface area (TPSA) is 58.6 Å². The fourth-order valence-corrected chi connectivity index (χ4v) is 2.08. The molecule has 0 bridgehead atoms. The van der Waals surface area contributed by atoms with E-state index in [0.29, 0.717) is 0 Å². The molecule has 0 fully saturated rings. The molecule has 118 valence electrons. The van der Waals surface area contributed by atoms with Gasteiger partial charge >= 0.3 is 5.97 Å². The van der Waals surface area contributed by atoms with Crippen LogP contribution in [0, 0.1) is 5.92 Å². The van der Waals surface area contributed by atoms with Gasteiger partial charge in [0.1, 0.15) is 5.75 Å². The van der Waals surface area contributed by atoms with Gasteiger partial charge in [0.05, 0.1) is 12.5 Å². The predicted molar refractivity (Wildman–Crippen MR) is 84.8 cm³/mol. The summed E-state index contributed by atoms with van der Waals surface area (Å²) in [6, 6.07) is 8.12. The largest absolute Gasteiger partial charge is 0.494 e. The smallest absolute Gasteiger partial charge is 0.306 e. The number of unbranched alkanes of at least 4 members (excludes halogenated alkanes) is 1. The van der Waals surface area contributed by atoms with Crippen molar-refractivity contribution in [1.82, 2.24) is 5.32 Å². The van der Waals surface area contributed by atoms with E-state index in [2.05, 4.69) is 17.4 Å². The minimum atomic E-state index is -0.711. The number of aliphatic carboxylic acids is 1. The Morgan fingerprint density at radius 1 is 1.24 bits per heavy atom. The Balaban J connectivity index is 2.22. The van der Waals surface area contributed by atoms with Gasteiger partial charge in [0.2, 0.25) is 0 Å². The molecule has 1 aromatic rings. The van der Waals surface area contributed by atoms with Crippen molar-refractivity contribution in [3.05, 3.63) is 29.8 Å². The highest BCUT2D eigenvalue weighted by atomic mass is 16.5. The van der Waals surface area contributed by atoms with Crippen molar-refractivity contribution in [2.45, 2.75) is 39.0 Å². The third-order valence-electron chi connectivity index (χ3n) is 3.54. The summed E-state index contributed by atoms with van der Waals surface area (Å²) < 4.78 is 5.68. The summed E-state index contributed by atoms with van der Waals surface area (Å²) in [5.41, 5.74) is 1.23. The first-order valence-corrected chi connectivity index (χ1v) is 7.72. The molecule has 0 spiro atoms. The van der Waals surface area contributed by atoms with Crippen molar-refractivity contribution in [2.24, 2.45) is 5.92 Å². The van der Waals surface area contributed by atoms with E-state index in [-0.39, 0.29) is 5.92 Å². The van der Waals surface area contributed by atoms with Gasteiger partial charge in [-0.15, -0.1) is 0 Å². The molecule has 0 aromatic heterocycles. The highest BCUT2D eigenvalue weighted by molar-refractivity contribution is 5.69. The number of carboxylic acid groups (broad SMARTS) is 1. The van der Waals surface area contributed by atoms with Gasteiger partial charge in [0.15, 0.2) is 0 Å². The van der Waals surface area contributed by atoms with E-state index in [0.717, 1.165) is 51.0 Å². The van der Waals surface area contributed by atoms with Crippen LogP contribution < -0.4 is 10.1 Å². The average Bonchev–Trinajstić information content (AvgIpc) is 2.48. The summed E-state index contributed by atoms with van der Waals surface area (Å²) in [5.74, 6) is -0.0654. The summed E-state index contributed by atoms with van der Waals surface area (Å²) in [5, 5.41) is 11.9. The van der Waals surface area contributed by atoms with Crippen LogP contribution in [0.4, 0.5) is 0 Å². The molecule has 0 heterocycles. The molecule has 0 saturated heterocycles. The number of ether oxygens (including phenoxy) is 1. The third-order valence-corrected chi connectivity index (χ3v) is 3.54. The molecule has 0 aliphatic rings. The maximum atomic E-state index is 10.7. The van der Waals surface area contributed by atoms with E-state index in [1.54, 1.807) is 6.92 Å². The second-order valence-corrected chi connectivity index (χ2v) is 5.43. The first kappa shape index (κ1) is 17.5. The molecule has 1 aromatic carbocycles. The van der Waals surface area contributed by atoms with Gasteiger partial charge in [-0.25, -0.2) is 0 Å². The Bertz CT molecular complexity index is 403. The van der Waals surface area contributed by atoms with Gasteiger partial charge in [0.25, 0.3) is 0 Å². The van der Waals surface area contributed by atoms with Gasteiger partial charge in [-0.3, -0.25) is 4.79 Å². The standard InChI is InChI=1S/C17H27NO3/c1-14(17(19)20)6-5-7-15-8-10-16(11-9-15)21-13-4-3-12-18-2/h8-11,14,18H,3-7,12-13H2,1-2H3,(H,19,20)/t14-/m0/s1. The molecule has 4 nitrogen and oxygen atoms in total. The number of carbonyl (C=O) groups is 1. The number of aryl methyl sites for hydroxylation is 1. The molecule has 0 radical (unpaired) electrons. The average molecular weight is 293 g/mol. The maximum absolute atomic E-state index is 10.7. The Morgan fingerprint density at radius 3 is 2.57 bits per heavy atom. The normalized spacial score (nSPS) is 12.1. The molecular weight excluding hydrogens is 266 g/mol. The Labute approximate surface area is 127 Å². The van der Waals surface area contributed by atoms with E-state index >= 15 is 0 Å². The van der Waals surface area contributed by atoms with Crippen LogP contribution in [0.3, 0.4) is 0 Å². The van der Waals surface area contributed by atoms with E-state index in [1.165, 1.54) is 5.56 Å². The lowest BCUT2D eigenvalue weighted by atomic mass is 10.0. The zero-order valence-electron chi connectivity index (χ0n) is 13.1. The van der Waals surface area contributed by atoms with E-state index in [9.17, 15) is 4.79 Å². The molecule has 2 N–H and O–H groups in total. The SMILES string of the molecule is CNCCCCOc1ccc(CCC[C@H](C)C(=O)O)cc1. The van der Waals surface area contributed by atoms with E-state index in [4.69, 9.17) is 9.84 Å². The zero-order valence-corrected chi connectivity index (χ0v) is 13.1.